The molecule has 2 heterocycles. The third-order valence-corrected chi connectivity index (χ3v) is 4.82. The van der Waals surface area contributed by atoms with Crippen molar-refractivity contribution in [2.75, 3.05) is 23.9 Å². The molecule has 2 aromatic carbocycles. The molecule has 1 aliphatic heterocycles. The summed E-state index contributed by atoms with van der Waals surface area (Å²) in [6.07, 6.45) is 0.152. The van der Waals surface area contributed by atoms with E-state index in [2.05, 4.69) is 15.5 Å². The second kappa shape index (κ2) is 7.75. The lowest BCUT2D eigenvalue weighted by atomic mass is 10.1. The van der Waals surface area contributed by atoms with Gasteiger partial charge in [0.2, 0.25) is 11.8 Å². The normalized spacial score (nSPS) is 16.1. The Hall–Kier alpha value is -3.68. The van der Waals surface area contributed by atoms with Crippen LogP contribution in [0.2, 0.25) is 0 Å². The number of methoxy groups -OCH3 is 1. The van der Waals surface area contributed by atoms with Gasteiger partial charge in [0.05, 0.1) is 24.3 Å². The lowest BCUT2D eigenvalue weighted by Crippen LogP contribution is -2.28. The van der Waals surface area contributed by atoms with E-state index in [0.717, 1.165) is 5.69 Å². The van der Waals surface area contributed by atoms with Crippen LogP contribution in [0.3, 0.4) is 0 Å². The van der Waals surface area contributed by atoms with Crippen LogP contribution in [-0.4, -0.2) is 35.6 Å². The molecule has 1 atom stereocenters. The third kappa shape index (κ3) is 3.82. The standard InChI is InChI=1S/C21H20N4O4/c1-13-22-21(29-24-13)17-5-3-4-6-18(17)23-20(27)14-11-19(26)25(12-14)15-7-9-16(28-2)10-8-15/h3-10,14H,11-12H2,1-2H3,(H,23,27)/t14-/m1/s1. The summed E-state index contributed by atoms with van der Waals surface area (Å²) in [5.41, 5.74) is 1.95. The number of benzene rings is 2. The Balaban J connectivity index is 1.49. The molecule has 8 heteroatoms. The first-order valence-corrected chi connectivity index (χ1v) is 9.20. The number of carbonyl (C=O) groups excluding carboxylic acids is 2. The lowest BCUT2D eigenvalue weighted by molar-refractivity contribution is -0.122. The molecule has 2 amide bonds. The van der Waals surface area contributed by atoms with Crippen LogP contribution in [0.5, 0.6) is 5.75 Å². The van der Waals surface area contributed by atoms with Crippen LogP contribution >= 0.6 is 0 Å². The van der Waals surface area contributed by atoms with Crippen molar-refractivity contribution in [3.05, 3.63) is 54.4 Å². The first-order chi connectivity index (χ1) is 14.0. The van der Waals surface area contributed by atoms with Crippen molar-refractivity contribution in [1.29, 1.82) is 0 Å². The zero-order chi connectivity index (χ0) is 20.4. The number of para-hydroxylation sites is 1. The van der Waals surface area contributed by atoms with Crippen LogP contribution in [0, 0.1) is 12.8 Å². The van der Waals surface area contributed by atoms with E-state index in [1.807, 2.05) is 24.3 Å². The van der Waals surface area contributed by atoms with Crippen LogP contribution in [0.4, 0.5) is 11.4 Å². The van der Waals surface area contributed by atoms with Gasteiger partial charge in [-0.15, -0.1) is 0 Å². The average molecular weight is 392 g/mol. The number of hydrogen-bond acceptors (Lipinski definition) is 6. The highest BCUT2D eigenvalue weighted by molar-refractivity contribution is 6.04. The number of aryl methyl sites for hydroxylation is 1. The Kier molecular flexibility index (Phi) is 4.99. The van der Waals surface area contributed by atoms with Crippen molar-refractivity contribution in [2.24, 2.45) is 5.92 Å². The SMILES string of the molecule is COc1ccc(N2C[C@H](C(=O)Nc3ccccc3-c3nc(C)no3)CC2=O)cc1. The largest absolute Gasteiger partial charge is 0.497 e. The third-order valence-electron chi connectivity index (χ3n) is 4.82. The van der Waals surface area contributed by atoms with Crippen molar-refractivity contribution in [2.45, 2.75) is 13.3 Å². The smallest absolute Gasteiger partial charge is 0.260 e. The summed E-state index contributed by atoms with van der Waals surface area (Å²) >= 11 is 0. The van der Waals surface area contributed by atoms with Gasteiger partial charge in [-0.3, -0.25) is 9.59 Å². The molecule has 0 unspecified atom stereocenters. The van der Waals surface area contributed by atoms with Gasteiger partial charge >= 0.3 is 0 Å². The topological polar surface area (TPSA) is 97.6 Å². The Labute approximate surface area is 167 Å². The molecule has 1 aliphatic rings. The molecule has 0 spiro atoms. The molecule has 0 aliphatic carbocycles. The van der Waals surface area contributed by atoms with Gasteiger partial charge in [-0.2, -0.15) is 4.98 Å². The molecule has 0 saturated carbocycles. The van der Waals surface area contributed by atoms with E-state index >= 15 is 0 Å². The van der Waals surface area contributed by atoms with Crippen molar-refractivity contribution >= 4 is 23.2 Å². The molecule has 0 radical (unpaired) electrons. The summed E-state index contributed by atoms with van der Waals surface area (Å²) in [4.78, 5) is 31.2. The minimum absolute atomic E-state index is 0.0869. The quantitative estimate of drug-likeness (QED) is 0.717. The zero-order valence-electron chi connectivity index (χ0n) is 16.1. The number of nitrogens with zero attached hydrogens (tertiary/aromatic N) is 3. The molecule has 29 heavy (non-hydrogen) atoms. The zero-order valence-corrected chi connectivity index (χ0v) is 16.1. The molecule has 0 bridgehead atoms. The molecule has 4 rings (SSSR count). The maximum absolute atomic E-state index is 12.8. The Bertz CT molecular complexity index is 1040. The molecule has 8 nitrogen and oxygen atoms in total. The number of ether oxygens (including phenoxy) is 1. The van der Waals surface area contributed by atoms with Crippen LogP contribution in [0.15, 0.2) is 53.1 Å². The van der Waals surface area contributed by atoms with Crippen molar-refractivity contribution in [3.63, 3.8) is 0 Å². The van der Waals surface area contributed by atoms with Crippen LogP contribution < -0.4 is 15.0 Å². The summed E-state index contributed by atoms with van der Waals surface area (Å²) in [6, 6.07) is 14.4. The highest BCUT2D eigenvalue weighted by Gasteiger charge is 2.35. The highest BCUT2D eigenvalue weighted by Crippen LogP contribution is 2.30. The van der Waals surface area contributed by atoms with E-state index in [9.17, 15) is 9.59 Å². The number of amides is 2. The number of aromatic nitrogens is 2. The van der Waals surface area contributed by atoms with Crippen LogP contribution in [0.1, 0.15) is 12.2 Å². The summed E-state index contributed by atoms with van der Waals surface area (Å²) in [6.45, 7) is 2.05. The Morgan fingerprint density at radius 1 is 1.21 bits per heavy atom. The molecule has 1 N–H and O–H groups in total. The fraction of sp³-hybridized carbons (Fsp3) is 0.238. The maximum atomic E-state index is 12.8. The molecule has 1 saturated heterocycles. The van der Waals surface area contributed by atoms with Gasteiger partial charge in [0, 0.05) is 18.7 Å². The van der Waals surface area contributed by atoms with Gasteiger partial charge in [-0.25, -0.2) is 0 Å². The molecular formula is C21H20N4O4. The first-order valence-electron chi connectivity index (χ1n) is 9.20. The van der Waals surface area contributed by atoms with Gasteiger partial charge in [0.1, 0.15) is 5.75 Å². The maximum Gasteiger partial charge on any atom is 0.260 e. The first kappa shape index (κ1) is 18.7. The van der Waals surface area contributed by atoms with E-state index in [4.69, 9.17) is 9.26 Å². The van der Waals surface area contributed by atoms with Gasteiger partial charge in [0.25, 0.3) is 5.89 Å². The van der Waals surface area contributed by atoms with Gasteiger partial charge in [0.15, 0.2) is 5.82 Å². The fourth-order valence-electron chi connectivity index (χ4n) is 3.31. The Morgan fingerprint density at radius 2 is 1.97 bits per heavy atom. The molecule has 1 aromatic heterocycles. The minimum Gasteiger partial charge on any atom is -0.497 e. The van der Waals surface area contributed by atoms with E-state index in [1.165, 1.54) is 0 Å². The van der Waals surface area contributed by atoms with Gasteiger partial charge < -0.3 is 19.5 Å². The fourth-order valence-corrected chi connectivity index (χ4v) is 3.31. The molecule has 148 valence electrons. The summed E-state index contributed by atoms with van der Waals surface area (Å²) in [5.74, 6) is 0.789. The van der Waals surface area contributed by atoms with E-state index < -0.39 is 5.92 Å². The molecular weight excluding hydrogens is 372 g/mol. The predicted octanol–water partition coefficient (Wildman–Crippen LogP) is 3.05. The number of rotatable bonds is 5. The van der Waals surface area contributed by atoms with Crippen LogP contribution in [-0.2, 0) is 9.59 Å². The van der Waals surface area contributed by atoms with E-state index in [1.54, 1.807) is 43.2 Å². The summed E-state index contributed by atoms with van der Waals surface area (Å²) in [7, 11) is 1.59. The van der Waals surface area contributed by atoms with E-state index in [0.29, 0.717) is 35.3 Å². The number of hydrogen-bond donors (Lipinski definition) is 1. The van der Waals surface area contributed by atoms with Gasteiger partial charge in [-0.05, 0) is 43.3 Å². The molecule has 1 fully saturated rings. The van der Waals surface area contributed by atoms with Crippen molar-refractivity contribution in [3.8, 4) is 17.2 Å². The lowest BCUT2D eigenvalue weighted by Gasteiger charge is -2.17. The number of carbonyl (C=O) groups is 2. The molecule has 3 aromatic rings. The van der Waals surface area contributed by atoms with Crippen molar-refractivity contribution < 1.29 is 18.8 Å². The number of anilines is 2. The van der Waals surface area contributed by atoms with Crippen LogP contribution in [0.25, 0.3) is 11.5 Å². The number of nitrogens with one attached hydrogen (secondary N) is 1. The summed E-state index contributed by atoms with van der Waals surface area (Å²) in [5, 5.41) is 6.70. The monoisotopic (exact) mass is 392 g/mol. The second-order valence-corrected chi connectivity index (χ2v) is 6.78. The predicted molar refractivity (Wildman–Crippen MR) is 107 cm³/mol. The highest BCUT2D eigenvalue weighted by atomic mass is 16.5. The minimum atomic E-state index is -0.456. The van der Waals surface area contributed by atoms with Crippen molar-refractivity contribution in [1.82, 2.24) is 10.1 Å². The second-order valence-electron chi connectivity index (χ2n) is 6.78. The van der Waals surface area contributed by atoms with E-state index in [-0.39, 0.29) is 18.2 Å². The summed E-state index contributed by atoms with van der Waals surface area (Å²) < 4.78 is 10.4. The average Bonchev–Trinajstić information content (AvgIpc) is 3.34. The van der Waals surface area contributed by atoms with Gasteiger partial charge in [-0.1, -0.05) is 17.3 Å². The Morgan fingerprint density at radius 3 is 2.66 bits per heavy atom.